The van der Waals surface area contributed by atoms with E-state index in [9.17, 15) is 27.9 Å². The summed E-state index contributed by atoms with van der Waals surface area (Å²) in [6, 6.07) is 7.59. The molecule has 13 heteroatoms. The molecule has 3 heterocycles. The smallest absolute Gasteiger partial charge is 0.416 e. The number of nitrogens with zero attached hydrogens (tertiary/aromatic N) is 2. The highest BCUT2D eigenvalue weighted by atomic mass is 32.1. The van der Waals surface area contributed by atoms with Gasteiger partial charge in [-0.25, -0.2) is 5.43 Å². The summed E-state index contributed by atoms with van der Waals surface area (Å²) in [4.78, 5) is 28.2. The van der Waals surface area contributed by atoms with Crippen LogP contribution in [0.2, 0.25) is 0 Å². The molecule has 202 valence electrons. The van der Waals surface area contributed by atoms with E-state index < -0.39 is 17.6 Å². The summed E-state index contributed by atoms with van der Waals surface area (Å²) in [7, 11) is 0. The average molecular weight is 567 g/mol. The standard InChI is InChI=1S/C25H25F3N4O4S2/c1-15(18-14-37-22(21(18)33)16-2-4-17(5-3-16)25(26,27)28)30-31-24(35)20-7-6-19(38-20)23(34)29-8-9-32-10-12-36-13-11-32/h2-7,14,33H,8-13H2,1H3,(H,29,34)(H,31,35)/b30-15+. The van der Waals surface area contributed by atoms with E-state index >= 15 is 0 Å². The van der Waals surface area contributed by atoms with Gasteiger partial charge in [0, 0.05) is 31.6 Å². The molecule has 0 spiro atoms. The zero-order valence-corrected chi connectivity index (χ0v) is 21.9. The Balaban J connectivity index is 1.33. The third kappa shape index (κ3) is 6.78. The van der Waals surface area contributed by atoms with Crippen LogP contribution in [-0.2, 0) is 10.9 Å². The molecule has 0 aliphatic carbocycles. The predicted molar refractivity (Wildman–Crippen MR) is 140 cm³/mol. The summed E-state index contributed by atoms with van der Waals surface area (Å²) in [5.41, 5.74) is 2.72. The number of carbonyl (C=O) groups excluding carboxylic acids is 2. The average Bonchev–Trinajstić information content (AvgIpc) is 3.55. The second kappa shape index (κ2) is 12.1. The van der Waals surface area contributed by atoms with E-state index in [1.165, 1.54) is 18.2 Å². The quantitative estimate of drug-likeness (QED) is 0.277. The lowest BCUT2D eigenvalue weighted by Crippen LogP contribution is -2.41. The highest BCUT2D eigenvalue weighted by molar-refractivity contribution is 7.16. The zero-order valence-electron chi connectivity index (χ0n) is 20.3. The van der Waals surface area contributed by atoms with Gasteiger partial charge in [-0.3, -0.25) is 14.5 Å². The molecule has 4 rings (SSSR count). The third-order valence-electron chi connectivity index (χ3n) is 5.83. The number of alkyl halides is 3. The zero-order chi connectivity index (χ0) is 27.3. The molecule has 0 bridgehead atoms. The highest BCUT2D eigenvalue weighted by Gasteiger charge is 2.30. The molecule has 3 N–H and O–H groups in total. The Hall–Kier alpha value is -3.26. The third-order valence-corrected chi connectivity index (χ3v) is 7.93. The number of halogens is 3. The van der Waals surface area contributed by atoms with Crippen LogP contribution in [0.3, 0.4) is 0 Å². The molecule has 1 aliphatic heterocycles. The molecule has 0 unspecified atom stereocenters. The number of thiophene rings is 2. The summed E-state index contributed by atoms with van der Waals surface area (Å²) in [6.45, 7) is 5.83. The summed E-state index contributed by atoms with van der Waals surface area (Å²) in [5.74, 6) is -0.919. The predicted octanol–water partition coefficient (Wildman–Crippen LogP) is 4.42. The minimum absolute atomic E-state index is 0.141. The molecule has 1 saturated heterocycles. The normalized spacial score (nSPS) is 14.9. The second-order valence-corrected chi connectivity index (χ2v) is 10.4. The number of nitrogens with one attached hydrogen (secondary N) is 2. The van der Waals surface area contributed by atoms with Gasteiger partial charge in [0.1, 0.15) is 5.75 Å². The van der Waals surface area contributed by atoms with Gasteiger partial charge in [-0.1, -0.05) is 12.1 Å². The molecule has 2 aromatic heterocycles. The molecular weight excluding hydrogens is 541 g/mol. The van der Waals surface area contributed by atoms with Crippen molar-refractivity contribution in [2.45, 2.75) is 13.1 Å². The van der Waals surface area contributed by atoms with Crippen LogP contribution in [0, 0.1) is 0 Å². The van der Waals surface area contributed by atoms with Crippen LogP contribution in [-0.4, -0.2) is 66.9 Å². The fourth-order valence-corrected chi connectivity index (χ4v) is 5.52. The van der Waals surface area contributed by atoms with Crippen molar-refractivity contribution in [3.05, 3.63) is 62.7 Å². The maximum absolute atomic E-state index is 12.8. The number of benzene rings is 1. The molecule has 0 saturated carbocycles. The van der Waals surface area contributed by atoms with Crippen LogP contribution < -0.4 is 10.7 Å². The van der Waals surface area contributed by atoms with Gasteiger partial charge in [0.05, 0.1) is 44.7 Å². The van der Waals surface area contributed by atoms with Crippen molar-refractivity contribution in [3.8, 4) is 16.2 Å². The molecule has 3 aromatic rings. The van der Waals surface area contributed by atoms with Gasteiger partial charge in [0.2, 0.25) is 0 Å². The van der Waals surface area contributed by atoms with Crippen molar-refractivity contribution in [3.63, 3.8) is 0 Å². The first-order chi connectivity index (χ1) is 18.1. The number of amides is 2. The molecule has 1 fully saturated rings. The number of carbonyl (C=O) groups is 2. The van der Waals surface area contributed by atoms with E-state index in [-0.39, 0.29) is 11.7 Å². The van der Waals surface area contributed by atoms with Gasteiger partial charge < -0.3 is 15.2 Å². The minimum atomic E-state index is -4.45. The Morgan fingerprint density at radius 1 is 1.08 bits per heavy atom. The lowest BCUT2D eigenvalue weighted by molar-refractivity contribution is -0.137. The van der Waals surface area contributed by atoms with Crippen LogP contribution >= 0.6 is 22.7 Å². The minimum Gasteiger partial charge on any atom is -0.506 e. The first kappa shape index (κ1) is 27.8. The summed E-state index contributed by atoms with van der Waals surface area (Å²) in [5, 5.41) is 19.1. The van der Waals surface area contributed by atoms with Crippen molar-refractivity contribution in [2.24, 2.45) is 5.10 Å². The van der Waals surface area contributed by atoms with E-state index in [0.717, 1.165) is 54.4 Å². The van der Waals surface area contributed by atoms with Crippen molar-refractivity contribution in [1.82, 2.24) is 15.6 Å². The van der Waals surface area contributed by atoms with E-state index in [4.69, 9.17) is 4.74 Å². The highest BCUT2D eigenvalue weighted by Crippen LogP contribution is 2.40. The number of hydrogen-bond acceptors (Lipinski definition) is 8. The first-order valence-electron chi connectivity index (χ1n) is 11.6. The number of morpholine rings is 1. The fraction of sp³-hybridized carbons (Fsp3) is 0.320. The molecule has 8 nitrogen and oxygen atoms in total. The summed E-state index contributed by atoms with van der Waals surface area (Å²) >= 11 is 2.18. The van der Waals surface area contributed by atoms with Crippen LogP contribution in [0.4, 0.5) is 13.2 Å². The van der Waals surface area contributed by atoms with Crippen LogP contribution in [0.15, 0.2) is 46.9 Å². The number of hydrazone groups is 1. The van der Waals surface area contributed by atoms with Gasteiger partial charge in [0.15, 0.2) is 0 Å². The maximum atomic E-state index is 12.8. The Morgan fingerprint density at radius 2 is 1.74 bits per heavy atom. The number of aromatic hydroxyl groups is 1. The molecule has 0 radical (unpaired) electrons. The topological polar surface area (TPSA) is 103 Å². The molecule has 38 heavy (non-hydrogen) atoms. The Kier molecular flexibility index (Phi) is 8.82. The van der Waals surface area contributed by atoms with Gasteiger partial charge in [-0.2, -0.15) is 18.3 Å². The fourth-order valence-electron chi connectivity index (χ4n) is 3.70. The molecule has 1 aromatic carbocycles. The van der Waals surface area contributed by atoms with E-state index in [0.29, 0.717) is 51.2 Å². The molecule has 2 amide bonds. The number of ether oxygens (including phenoxy) is 1. The lowest BCUT2D eigenvalue weighted by atomic mass is 10.1. The number of hydrogen-bond donors (Lipinski definition) is 3. The second-order valence-electron chi connectivity index (χ2n) is 8.41. The van der Waals surface area contributed by atoms with E-state index in [1.54, 1.807) is 18.4 Å². The van der Waals surface area contributed by atoms with Crippen LogP contribution in [0.5, 0.6) is 5.75 Å². The van der Waals surface area contributed by atoms with Gasteiger partial charge in [0.25, 0.3) is 11.8 Å². The van der Waals surface area contributed by atoms with Gasteiger partial charge in [-0.15, -0.1) is 22.7 Å². The number of rotatable bonds is 8. The monoisotopic (exact) mass is 566 g/mol. The van der Waals surface area contributed by atoms with Crippen molar-refractivity contribution in [2.75, 3.05) is 39.4 Å². The van der Waals surface area contributed by atoms with Gasteiger partial charge >= 0.3 is 6.18 Å². The van der Waals surface area contributed by atoms with Crippen molar-refractivity contribution < 1.29 is 32.6 Å². The maximum Gasteiger partial charge on any atom is 0.416 e. The largest absolute Gasteiger partial charge is 0.506 e. The van der Waals surface area contributed by atoms with Crippen molar-refractivity contribution in [1.29, 1.82) is 0 Å². The summed E-state index contributed by atoms with van der Waals surface area (Å²) in [6.07, 6.45) is -4.45. The lowest BCUT2D eigenvalue weighted by Gasteiger charge is -2.26. The van der Waals surface area contributed by atoms with Crippen LogP contribution in [0.25, 0.3) is 10.4 Å². The molecular formula is C25H25F3N4O4S2. The summed E-state index contributed by atoms with van der Waals surface area (Å²) < 4.78 is 43.8. The van der Waals surface area contributed by atoms with Crippen molar-refractivity contribution >= 4 is 40.2 Å². The van der Waals surface area contributed by atoms with Gasteiger partial charge in [-0.05, 0) is 36.8 Å². The first-order valence-corrected chi connectivity index (χ1v) is 13.3. The van der Waals surface area contributed by atoms with E-state index in [1.807, 2.05) is 0 Å². The van der Waals surface area contributed by atoms with Crippen LogP contribution in [0.1, 0.15) is 37.4 Å². The Bertz CT molecular complexity index is 1310. The van der Waals surface area contributed by atoms with E-state index in [2.05, 4.69) is 20.7 Å². The molecule has 1 aliphatic rings. The SMILES string of the molecule is C/C(=N\NC(=O)c1ccc(C(=O)NCCN2CCOCC2)s1)c1csc(-c2ccc(C(F)(F)F)cc2)c1O. The Morgan fingerprint density at radius 3 is 2.39 bits per heavy atom. The molecule has 0 atom stereocenters. The Labute approximate surface area is 224 Å².